The van der Waals surface area contributed by atoms with E-state index >= 15 is 0 Å². The van der Waals surface area contributed by atoms with Gasteiger partial charge in [0.05, 0.1) is 24.6 Å². The summed E-state index contributed by atoms with van der Waals surface area (Å²) in [5, 5.41) is 2.59. The van der Waals surface area contributed by atoms with Crippen molar-refractivity contribution in [1.29, 1.82) is 0 Å². The topological polar surface area (TPSA) is 50.7 Å². The summed E-state index contributed by atoms with van der Waals surface area (Å²) in [5.74, 6) is 2.34. The summed E-state index contributed by atoms with van der Waals surface area (Å²) in [4.78, 5) is 16.9. The van der Waals surface area contributed by atoms with Crippen LogP contribution in [-0.4, -0.2) is 62.3 Å². The molecule has 0 bridgehead atoms. The second-order valence-electron chi connectivity index (χ2n) is 8.06. The number of hydrogen-bond donors (Lipinski definition) is 0. The normalized spacial score (nSPS) is 14.7. The van der Waals surface area contributed by atoms with Crippen molar-refractivity contribution >= 4 is 51.1 Å². The number of aromatic nitrogens is 2. The number of nitrogens with zero attached hydrogens (tertiary/aromatic N) is 4. The van der Waals surface area contributed by atoms with E-state index in [1.54, 1.807) is 26.0 Å². The van der Waals surface area contributed by atoms with Crippen molar-refractivity contribution in [2.24, 2.45) is 0 Å². The molecule has 1 aliphatic heterocycles. The van der Waals surface area contributed by atoms with Crippen LogP contribution in [0.2, 0.25) is 5.02 Å². The van der Waals surface area contributed by atoms with Gasteiger partial charge in [0.15, 0.2) is 17.1 Å². The predicted molar refractivity (Wildman–Crippen MR) is 135 cm³/mol. The van der Waals surface area contributed by atoms with Crippen LogP contribution in [0.1, 0.15) is 0 Å². The molecule has 0 radical (unpaired) electrons. The van der Waals surface area contributed by atoms with Crippen LogP contribution in [0.25, 0.3) is 21.9 Å². The molecule has 2 aromatic heterocycles. The molecular formula is C25H25ClN4O2S. The lowest BCUT2D eigenvalue weighted by molar-refractivity contribution is 0.311. The van der Waals surface area contributed by atoms with Gasteiger partial charge in [-0.15, -0.1) is 0 Å². The predicted octanol–water partition coefficient (Wildman–Crippen LogP) is 5.36. The zero-order valence-corrected chi connectivity index (χ0v) is 20.4. The van der Waals surface area contributed by atoms with E-state index in [1.807, 2.05) is 36.4 Å². The van der Waals surface area contributed by atoms with Gasteiger partial charge in [0.25, 0.3) is 0 Å². The molecule has 6 nitrogen and oxygen atoms in total. The Balaban J connectivity index is 1.66. The molecule has 33 heavy (non-hydrogen) atoms. The summed E-state index contributed by atoms with van der Waals surface area (Å²) < 4.78 is 11.1. The average molecular weight is 481 g/mol. The third kappa shape index (κ3) is 4.40. The van der Waals surface area contributed by atoms with Crippen molar-refractivity contribution in [1.82, 2.24) is 14.9 Å². The van der Waals surface area contributed by atoms with E-state index in [2.05, 4.69) is 29.0 Å². The van der Waals surface area contributed by atoms with Gasteiger partial charge in [0, 0.05) is 46.9 Å². The summed E-state index contributed by atoms with van der Waals surface area (Å²) in [7, 11) is 5.45. The highest BCUT2D eigenvalue weighted by atomic mass is 35.5. The van der Waals surface area contributed by atoms with Crippen molar-refractivity contribution < 1.29 is 9.47 Å². The number of anilines is 1. The molecule has 4 aromatic rings. The van der Waals surface area contributed by atoms with Gasteiger partial charge in [0.1, 0.15) is 5.82 Å². The number of ether oxygens (including phenoxy) is 2. The fourth-order valence-electron chi connectivity index (χ4n) is 4.08. The number of likely N-dealkylation sites (N-methyl/N-ethyl adjacent to an activating group) is 1. The van der Waals surface area contributed by atoms with Gasteiger partial charge in [-0.3, -0.25) is 0 Å². The van der Waals surface area contributed by atoms with E-state index in [0.717, 1.165) is 68.7 Å². The summed E-state index contributed by atoms with van der Waals surface area (Å²) in [6, 6.07) is 16.0. The molecule has 0 spiro atoms. The molecule has 0 aliphatic carbocycles. The van der Waals surface area contributed by atoms with E-state index in [4.69, 9.17) is 31.0 Å². The number of methoxy groups -OCH3 is 2. The molecule has 3 heterocycles. The second-order valence-corrected chi connectivity index (χ2v) is 9.61. The maximum absolute atomic E-state index is 6.10. The number of benzene rings is 2. The lowest BCUT2D eigenvalue weighted by Crippen LogP contribution is -2.45. The van der Waals surface area contributed by atoms with Crippen LogP contribution in [0.15, 0.2) is 58.3 Å². The van der Waals surface area contributed by atoms with Gasteiger partial charge in [-0.05, 0) is 55.6 Å². The molecule has 5 rings (SSSR count). The number of fused-ring (bicyclic) bond motifs is 2. The van der Waals surface area contributed by atoms with Crippen molar-refractivity contribution in [3.05, 3.63) is 53.6 Å². The van der Waals surface area contributed by atoms with E-state index in [0.29, 0.717) is 11.5 Å². The molecule has 170 valence electrons. The quantitative estimate of drug-likeness (QED) is 0.356. The monoisotopic (exact) mass is 480 g/mol. The van der Waals surface area contributed by atoms with E-state index < -0.39 is 0 Å². The minimum absolute atomic E-state index is 0.680. The fraction of sp³-hybridized carbons (Fsp3) is 0.280. The van der Waals surface area contributed by atoms with E-state index in [-0.39, 0.29) is 0 Å². The minimum Gasteiger partial charge on any atom is -0.493 e. The standard InChI is InChI=1S/C25H25ClN4O2S/c1-29-10-12-30(13-11-29)25-22(33-18-6-4-17(26)5-7-18)15-16-14-19-20(27-24(16)28-25)8-9-21(31-2)23(19)32-3/h4-9,14-15H,10-13H2,1-3H3. The maximum atomic E-state index is 6.10. The van der Waals surface area contributed by atoms with Crippen LogP contribution in [0.3, 0.4) is 0 Å². The largest absolute Gasteiger partial charge is 0.493 e. The van der Waals surface area contributed by atoms with Crippen LogP contribution in [0, 0.1) is 0 Å². The molecule has 0 amide bonds. The SMILES string of the molecule is COc1ccc2nc3nc(N4CCN(C)CC4)c(Sc4ccc(Cl)cc4)cc3cc2c1OC. The first-order valence-corrected chi connectivity index (χ1v) is 12.0. The Morgan fingerprint density at radius 3 is 2.36 bits per heavy atom. The number of halogens is 1. The minimum atomic E-state index is 0.680. The third-order valence-electron chi connectivity index (χ3n) is 5.91. The highest BCUT2D eigenvalue weighted by Gasteiger charge is 2.21. The molecule has 0 N–H and O–H groups in total. The van der Waals surface area contributed by atoms with Crippen LogP contribution in [0.4, 0.5) is 5.82 Å². The molecule has 0 saturated carbocycles. The average Bonchev–Trinajstić information content (AvgIpc) is 2.83. The second kappa shape index (κ2) is 9.25. The number of piperazine rings is 1. The summed E-state index contributed by atoms with van der Waals surface area (Å²) in [6.07, 6.45) is 0. The Labute approximate surface area is 202 Å². The molecule has 0 atom stereocenters. The van der Waals surface area contributed by atoms with Crippen molar-refractivity contribution in [2.45, 2.75) is 9.79 Å². The van der Waals surface area contributed by atoms with Crippen LogP contribution < -0.4 is 14.4 Å². The first kappa shape index (κ1) is 22.1. The van der Waals surface area contributed by atoms with E-state index in [9.17, 15) is 0 Å². The van der Waals surface area contributed by atoms with Gasteiger partial charge >= 0.3 is 0 Å². The van der Waals surface area contributed by atoms with Gasteiger partial charge in [-0.2, -0.15) is 0 Å². The highest BCUT2D eigenvalue weighted by Crippen LogP contribution is 2.40. The van der Waals surface area contributed by atoms with Crippen LogP contribution in [0.5, 0.6) is 11.5 Å². The molecule has 1 fully saturated rings. The molecule has 2 aromatic carbocycles. The number of hydrogen-bond acceptors (Lipinski definition) is 7. The Kier molecular flexibility index (Phi) is 6.19. The lowest BCUT2D eigenvalue weighted by atomic mass is 10.1. The van der Waals surface area contributed by atoms with Crippen molar-refractivity contribution in [2.75, 3.05) is 52.3 Å². The van der Waals surface area contributed by atoms with E-state index in [1.165, 1.54) is 0 Å². The van der Waals surface area contributed by atoms with Gasteiger partial charge in [-0.25, -0.2) is 9.97 Å². The van der Waals surface area contributed by atoms with Crippen LogP contribution in [-0.2, 0) is 0 Å². The Hall–Kier alpha value is -2.74. The summed E-state index contributed by atoms with van der Waals surface area (Å²) in [5.41, 5.74) is 1.55. The first-order valence-electron chi connectivity index (χ1n) is 10.8. The van der Waals surface area contributed by atoms with Gasteiger partial charge in [0.2, 0.25) is 0 Å². The summed E-state index contributed by atoms with van der Waals surface area (Å²) >= 11 is 7.80. The zero-order chi connectivity index (χ0) is 22.9. The maximum Gasteiger partial charge on any atom is 0.170 e. The van der Waals surface area contributed by atoms with Crippen LogP contribution >= 0.6 is 23.4 Å². The Morgan fingerprint density at radius 2 is 1.67 bits per heavy atom. The molecular weight excluding hydrogens is 456 g/mol. The first-order chi connectivity index (χ1) is 16.1. The lowest BCUT2D eigenvalue weighted by Gasteiger charge is -2.34. The highest BCUT2D eigenvalue weighted by molar-refractivity contribution is 7.99. The number of pyridine rings is 2. The Morgan fingerprint density at radius 1 is 0.909 bits per heavy atom. The Bertz CT molecular complexity index is 1310. The third-order valence-corrected chi connectivity index (χ3v) is 7.19. The van der Waals surface area contributed by atoms with Gasteiger partial charge < -0.3 is 19.3 Å². The summed E-state index contributed by atoms with van der Waals surface area (Å²) in [6.45, 7) is 3.88. The molecule has 8 heteroatoms. The van der Waals surface area contributed by atoms with Crippen molar-refractivity contribution in [3.8, 4) is 11.5 Å². The molecule has 1 saturated heterocycles. The smallest absolute Gasteiger partial charge is 0.170 e. The zero-order valence-electron chi connectivity index (χ0n) is 18.8. The number of rotatable bonds is 5. The molecule has 0 unspecified atom stereocenters. The fourth-order valence-corrected chi connectivity index (χ4v) is 5.19. The van der Waals surface area contributed by atoms with Crippen molar-refractivity contribution in [3.63, 3.8) is 0 Å². The van der Waals surface area contributed by atoms with Gasteiger partial charge in [-0.1, -0.05) is 23.4 Å². The molecule has 1 aliphatic rings.